The Bertz CT molecular complexity index is 172. The minimum atomic E-state index is 0.710. The van der Waals surface area contributed by atoms with E-state index in [1.54, 1.807) is 0 Å². The van der Waals surface area contributed by atoms with Crippen molar-refractivity contribution in [3.8, 4) is 0 Å². The first-order valence-electron chi connectivity index (χ1n) is 5.88. The van der Waals surface area contributed by atoms with Gasteiger partial charge in [-0.3, -0.25) is 0 Å². The average molecular weight is 186 g/mol. The quantitative estimate of drug-likeness (QED) is 0.394. The van der Waals surface area contributed by atoms with Crippen LogP contribution in [-0.4, -0.2) is 17.7 Å². The molecule has 2 atom stereocenters. The van der Waals surface area contributed by atoms with Gasteiger partial charge in [-0.05, 0) is 0 Å². The van der Waals surface area contributed by atoms with Crippen molar-refractivity contribution in [1.82, 2.24) is 0 Å². The molecule has 0 aromatic heterocycles. The van der Waals surface area contributed by atoms with Crippen molar-refractivity contribution < 1.29 is 0 Å². The zero-order valence-electron chi connectivity index (χ0n) is 10.2. The Morgan fingerprint density at radius 2 is 2.00 bits per heavy atom. The van der Waals surface area contributed by atoms with Gasteiger partial charge in [0.15, 0.2) is 0 Å². The van der Waals surface area contributed by atoms with Crippen LogP contribution < -0.4 is 0 Å². The molecule has 0 aromatic rings. The molecule has 0 N–H and O–H groups in total. The van der Waals surface area contributed by atoms with E-state index in [2.05, 4.69) is 44.7 Å². The molecule has 1 heteroatoms. The summed E-state index contributed by atoms with van der Waals surface area (Å²) in [5, 5.41) is 1.30. The van der Waals surface area contributed by atoms with Crippen LogP contribution in [0, 0.1) is 11.8 Å². The van der Waals surface area contributed by atoms with E-state index >= 15 is 0 Å². The van der Waals surface area contributed by atoms with Crippen molar-refractivity contribution in [3.63, 3.8) is 0 Å². The van der Waals surface area contributed by atoms with Crippen LogP contribution in [0.2, 0.25) is 5.09 Å². The van der Waals surface area contributed by atoms with Crippen molar-refractivity contribution in [2.75, 3.05) is 0 Å². The van der Waals surface area contributed by atoms with Crippen LogP contribution in [0.15, 0.2) is 24.8 Å². The van der Waals surface area contributed by atoms with Crippen molar-refractivity contribution in [3.05, 3.63) is 24.8 Å². The van der Waals surface area contributed by atoms with Gasteiger partial charge in [0.2, 0.25) is 0 Å². The van der Waals surface area contributed by atoms with Crippen LogP contribution in [-0.2, 0) is 0 Å². The second-order valence-corrected chi connectivity index (χ2v) is 4.50. The van der Waals surface area contributed by atoms with Gasteiger partial charge in [-0.1, -0.05) is 0 Å². The van der Waals surface area contributed by atoms with Crippen LogP contribution >= 0.6 is 0 Å². The minimum absolute atomic E-state index is 0.710. The maximum atomic E-state index is 4.08. The molecular formula is C13H23Li. The Kier molecular flexibility index (Phi) is 8.44. The number of rotatable bonds is 8. The summed E-state index contributed by atoms with van der Waals surface area (Å²) < 4.78 is 0. The Balaban J connectivity index is 3.84. The van der Waals surface area contributed by atoms with Gasteiger partial charge < -0.3 is 0 Å². The summed E-state index contributed by atoms with van der Waals surface area (Å²) in [6.07, 6.45) is 7.01. The molecule has 0 spiro atoms. The van der Waals surface area contributed by atoms with Crippen molar-refractivity contribution >= 4 is 17.7 Å². The molecule has 0 fully saturated rings. The van der Waals surface area contributed by atoms with Crippen molar-refractivity contribution in [1.29, 1.82) is 0 Å². The summed E-state index contributed by atoms with van der Waals surface area (Å²) in [4.78, 5) is 0. The Morgan fingerprint density at radius 1 is 1.36 bits per heavy atom. The molecule has 0 saturated heterocycles. The summed E-state index contributed by atoms with van der Waals surface area (Å²) in [6, 6.07) is 0. The van der Waals surface area contributed by atoms with Gasteiger partial charge in [0, 0.05) is 0 Å². The first kappa shape index (κ1) is 14.1. The molecule has 0 aliphatic carbocycles. The van der Waals surface area contributed by atoms with Gasteiger partial charge in [-0.15, -0.1) is 0 Å². The molecule has 0 aromatic carbocycles. The van der Waals surface area contributed by atoms with E-state index < -0.39 is 0 Å². The molecule has 0 heterocycles. The zero-order chi connectivity index (χ0) is 11.0. The number of allylic oxidation sites excluding steroid dienone is 2. The van der Waals surface area contributed by atoms with Crippen LogP contribution in [0.1, 0.15) is 39.5 Å². The van der Waals surface area contributed by atoms with E-state index in [-0.39, 0.29) is 0 Å². The van der Waals surface area contributed by atoms with Gasteiger partial charge in [-0.25, -0.2) is 0 Å². The fourth-order valence-corrected chi connectivity index (χ4v) is 1.65. The fourth-order valence-electron chi connectivity index (χ4n) is 1.65. The first-order valence-corrected chi connectivity index (χ1v) is 5.88. The first-order chi connectivity index (χ1) is 6.61. The van der Waals surface area contributed by atoms with Crippen molar-refractivity contribution in [2.24, 2.45) is 11.8 Å². The van der Waals surface area contributed by atoms with E-state index in [1.165, 1.54) is 29.9 Å². The monoisotopic (exact) mass is 186 g/mol. The molecule has 0 rings (SSSR count). The van der Waals surface area contributed by atoms with Crippen molar-refractivity contribution in [2.45, 2.75) is 44.6 Å². The maximum absolute atomic E-state index is 4.08. The fraction of sp³-hybridized carbons (Fsp3) is 0.692. The van der Waals surface area contributed by atoms with Crippen LogP contribution in [0.4, 0.5) is 0 Å². The molecule has 0 saturated carbocycles. The normalized spacial score (nSPS) is 14.9. The summed E-state index contributed by atoms with van der Waals surface area (Å²) in [6.45, 7) is 12.3. The van der Waals surface area contributed by atoms with Gasteiger partial charge in [-0.2, -0.15) is 0 Å². The molecule has 0 aliphatic rings. The summed E-state index contributed by atoms with van der Waals surface area (Å²) in [5.41, 5.74) is 1.34. The molecule has 76 valence electrons. The molecule has 0 bridgehead atoms. The third kappa shape index (κ3) is 6.52. The van der Waals surface area contributed by atoms with Crippen LogP contribution in [0.3, 0.4) is 0 Å². The second kappa shape index (κ2) is 8.39. The van der Waals surface area contributed by atoms with Gasteiger partial charge >= 0.3 is 99.0 Å². The van der Waals surface area contributed by atoms with Gasteiger partial charge in [0.05, 0.1) is 0 Å². The predicted molar refractivity (Wildman–Crippen MR) is 66.7 cm³/mol. The van der Waals surface area contributed by atoms with E-state index in [0.29, 0.717) is 5.92 Å². The van der Waals surface area contributed by atoms with Gasteiger partial charge in [0.1, 0.15) is 0 Å². The van der Waals surface area contributed by atoms with Crippen LogP contribution in [0.5, 0.6) is 0 Å². The third-order valence-electron chi connectivity index (χ3n) is 3.12. The molecule has 0 nitrogen and oxygen atoms in total. The average Bonchev–Trinajstić information content (AvgIpc) is 2.16. The number of hydrogen-bond acceptors (Lipinski definition) is 0. The van der Waals surface area contributed by atoms with Crippen LogP contribution in [0.25, 0.3) is 0 Å². The molecule has 0 radical (unpaired) electrons. The molecule has 0 aliphatic heterocycles. The second-order valence-electron chi connectivity index (χ2n) is 4.50. The standard InChI is InChI=1S/C13H23.Li/c1-6-7-8-13(12(4)5)10-9-11(2)3;/h6,11,13H,1-2,4,7-10H2,3,5H3;. The van der Waals surface area contributed by atoms with Gasteiger partial charge in [0.25, 0.3) is 0 Å². The van der Waals surface area contributed by atoms with E-state index in [9.17, 15) is 0 Å². The summed E-state index contributed by atoms with van der Waals surface area (Å²) in [7, 11) is 0. The van der Waals surface area contributed by atoms with E-state index in [1.807, 2.05) is 6.08 Å². The van der Waals surface area contributed by atoms with E-state index in [4.69, 9.17) is 0 Å². The molecular weight excluding hydrogens is 163 g/mol. The summed E-state index contributed by atoms with van der Waals surface area (Å²) >= 11 is 2.27. The number of hydrogen-bond donors (Lipinski definition) is 0. The Labute approximate surface area is 99.1 Å². The topological polar surface area (TPSA) is 0 Å². The Morgan fingerprint density at radius 3 is 2.43 bits per heavy atom. The van der Waals surface area contributed by atoms with E-state index in [0.717, 1.165) is 12.3 Å². The third-order valence-corrected chi connectivity index (χ3v) is 3.12. The summed E-state index contributed by atoms with van der Waals surface area (Å²) in [5.74, 6) is 1.57. The molecule has 14 heavy (non-hydrogen) atoms. The SMILES string of the molecule is [Li][CH2]C(C)CCC(CCC=C)C(=C)C. The predicted octanol–water partition coefficient (Wildman–Crippen LogP) is 4.15. The molecule has 0 amide bonds. The zero-order valence-corrected chi connectivity index (χ0v) is 10.2. The Hall–Kier alpha value is 0.0774. The molecule has 2 unspecified atom stereocenters.